The van der Waals surface area contributed by atoms with E-state index < -0.39 is 17.4 Å². The fourth-order valence-electron chi connectivity index (χ4n) is 2.74. The first-order valence-corrected chi connectivity index (χ1v) is 8.34. The summed E-state index contributed by atoms with van der Waals surface area (Å²) in [6.45, 7) is 6.38. The van der Waals surface area contributed by atoms with Gasteiger partial charge in [0.2, 0.25) is 5.91 Å². The van der Waals surface area contributed by atoms with Gasteiger partial charge in [0.05, 0.1) is 23.0 Å². The average Bonchev–Trinajstić information content (AvgIpc) is 3.21. The van der Waals surface area contributed by atoms with Crippen molar-refractivity contribution in [1.29, 1.82) is 0 Å². The minimum atomic E-state index is -4.71. The van der Waals surface area contributed by atoms with Crippen LogP contribution in [0.25, 0.3) is 17.1 Å². The first-order valence-electron chi connectivity index (χ1n) is 8.34. The lowest BCUT2D eigenvalue weighted by atomic mass is 10.1. The number of rotatable bonds is 4. The van der Waals surface area contributed by atoms with Crippen LogP contribution in [-0.4, -0.2) is 25.8 Å². The third kappa shape index (κ3) is 3.75. The van der Waals surface area contributed by atoms with Gasteiger partial charge in [0.15, 0.2) is 11.5 Å². The van der Waals surface area contributed by atoms with Crippen LogP contribution in [0.15, 0.2) is 35.0 Å². The molecule has 0 aliphatic carbocycles. The predicted molar refractivity (Wildman–Crippen MR) is 93.4 cm³/mol. The van der Waals surface area contributed by atoms with Crippen molar-refractivity contribution in [2.75, 3.05) is 0 Å². The highest BCUT2D eigenvalue weighted by molar-refractivity contribution is 5.73. The van der Waals surface area contributed by atoms with E-state index in [9.17, 15) is 18.0 Å². The van der Waals surface area contributed by atoms with Gasteiger partial charge in [0, 0.05) is 6.92 Å². The molecule has 1 N–H and O–H groups in total. The van der Waals surface area contributed by atoms with Crippen molar-refractivity contribution in [3.05, 3.63) is 47.5 Å². The van der Waals surface area contributed by atoms with E-state index >= 15 is 0 Å². The van der Waals surface area contributed by atoms with Gasteiger partial charge in [0.1, 0.15) is 0 Å². The molecule has 2 aromatic heterocycles. The molecule has 0 spiro atoms. The van der Waals surface area contributed by atoms with E-state index in [-0.39, 0.29) is 28.9 Å². The lowest BCUT2D eigenvalue weighted by Gasteiger charge is -2.20. The molecule has 0 saturated carbocycles. The lowest BCUT2D eigenvalue weighted by molar-refractivity contribution is -0.142. The topological polar surface area (TPSA) is 85.8 Å². The Labute approximate surface area is 158 Å². The van der Waals surface area contributed by atoms with Gasteiger partial charge in [-0.3, -0.25) is 4.79 Å². The van der Waals surface area contributed by atoms with Gasteiger partial charge in [-0.25, -0.2) is 4.68 Å². The van der Waals surface area contributed by atoms with E-state index in [1.165, 1.54) is 6.92 Å². The van der Waals surface area contributed by atoms with Crippen molar-refractivity contribution in [3.63, 3.8) is 0 Å². The fourth-order valence-corrected chi connectivity index (χ4v) is 2.74. The molecule has 10 heteroatoms. The normalized spacial score (nSPS) is 12.2. The Morgan fingerprint density at radius 3 is 2.39 bits per heavy atom. The van der Waals surface area contributed by atoms with Crippen LogP contribution >= 0.6 is 0 Å². The zero-order valence-corrected chi connectivity index (χ0v) is 15.6. The van der Waals surface area contributed by atoms with Crippen LogP contribution in [0.5, 0.6) is 0 Å². The van der Waals surface area contributed by atoms with E-state index in [2.05, 4.69) is 20.6 Å². The predicted octanol–water partition coefficient (Wildman–Crippen LogP) is 3.62. The molecule has 0 aliphatic heterocycles. The first kappa shape index (κ1) is 19.6. The Kier molecular flexibility index (Phi) is 4.74. The van der Waals surface area contributed by atoms with Crippen LogP contribution in [0.1, 0.15) is 37.9 Å². The summed E-state index contributed by atoms with van der Waals surface area (Å²) in [5.41, 5.74) is -1.22. The molecule has 0 atom stereocenters. The van der Waals surface area contributed by atoms with Gasteiger partial charge >= 0.3 is 6.18 Å². The monoisotopic (exact) mass is 393 g/mol. The van der Waals surface area contributed by atoms with E-state index in [0.29, 0.717) is 0 Å². The molecule has 1 amide bonds. The third-order valence-electron chi connectivity index (χ3n) is 4.02. The van der Waals surface area contributed by atoms with Gasteiger partial charge in [-0.1, -0.05) is 22.9 Å². The SMILES string of the molecule is CC(=O)NC(C)(C)c1noc(-c2cnn(-c3ccc(C)cc3)c2C(F)(F)F)n1. The third-order valence-corrected chi connectivity index (χ3v) is 4.02. The second-order valence-electron chi connectivity index (χ2n) is 6.88. The lowest BCUT2D eigenvalue weighted by Crippen LogP contribution is -2.40. The second kappa shape index (κ2) is 6.77. The average molecular weight is 393 g/mol. The van der Waals surface area contributed by atoms with E-state index in [4.69, 9.17) is 4.52 Å². The largest absolute Gasteiger partial charge is 0.434 e. The van der Waals surface area contributed by atoms with Crippen LogP contribution in [0.2, 0.25) is 0 Å². The molecule has 3 rings (SSSR count). The molecule has 0 unspecified atom stereocenters. The molecule has 28 heavy (non-hydrogen) atoms. The zero-order chi connectivity index (χ0) is 20.7. The number of amides is 1. The smallest absolute Gasteiger partial charge is 0.344 e. The Morgan fingerprint density at radius 2 is 1.82 bits per heavy atom. The molecule has 0 aliphatic rings. The van der Waals surface area contributed by atoms with E-state index in [1.807, 2.05) is 6.92 Å². The highest BCUT2D eigenvalue weighted by Crippen LogP contribution is 2.38. The molecule has 2 heterocycles. The van der Waals surface area contributed by atoms with Crippen molar-refractivity contribution in [1.82, 2.24) is 25.2 Å². The van der Waals surface area contributed by atoms with Crippen LogP contribution in [0, 0.1) is 6.92 Å². The number of halogens is 3. The number of carbonyl (C=O) groups is 1. The summed E-state index contributed by atoms with van der Waals surface area (Å²) >= 11 is 0. The van der Waals surface area contributed by atoms with Crippen LogP contribution in [0.4, 0.5) is 13.2 Å². The quantitative estimate of drug-likeness (QED) is 0.732. The molecule has 0 bridgehead atoms. The number of benzene rings is 1. The van der Waals surface area contributed by atoms with Crippen molar-refractivity contribution in [2.45, 2.75) is 39.4 Å². The number of hydrogen-bond donors (Lipinski definition) is 1. The Balaban J connectivity index is 2.09. The fraction of sp³-hybridized carbons (Fsp3) is 0.333. The summed E-state index contributed by atoms with van der Waals surface area (Å²) in [7, 11) is 0. The van der Waals surface area contributed by atoms with Gasteiger partial charge < -0.3 is 9.84 Å². The second-order valence-corrected chi connectivity index (χ2v) is 6.88. The number of alkyl halides is 3. The Hall–Kier alpha value is -3.17. The summed E-state index contributed by atoms with van der Waals surface area (Å²) in [5, 5.41) is 10.2. The van der Waals surface area contributed by atoms with Crippen molar-refractivity contribution in [2.24, 2.45) is 0 Å². The number of nitrogens with zero attached hydrogens (tertiary/aromatic N) is 4. The summed E-state index contributed by atoms with van der Waals surface area (Å²) in [5.74, 6) is -0.618. The highest BCUT2D eigenvalue weighted by atomic mass is 19.4. The van der Waals surface area contributed by atoms with Gasteiger partial charge in [-0.2, -0.15) is 23.3 Å². The molecule has 0 radical (unpaired) electrons. The number of aromatic nitrogens is 4. The summed E-state index contributed by atoms with van der Waals surface area (Å²) in [4.78, 5) is 15.4. The number of carbonyl (C=O) groups excluding carboxylic acids is 1. The Morgan fingerprint density at radius 1 is 1.18 bits per heavy atom. The summed E-state index contributed by atoms with van der Waals surface area (Å²) in [6, 6.07) is 6.47. The maximum atomic E-state index is 13.8. The molecule has 7 nitrogen and oxygen atoms in total. The highest BCUT2D eigenvalue weighted by Gasteiger charge is 2.41. The maximum Gasteiger partial charge on any atom is 0.434 e. The summed E-state index contributed by atoms with van der Waals surface area (Å²) < 4.78 is 47.2. The van der Waals surface area contributed by atoms with Crippen molar-refractivity contribution >= 4 is 5.91 Å². The minimum absolute atomic E-state index is 0.0499. The van der Waals surface area contributed by atoms with E-state index in [0.717, 1.165) is 16.4 Å². The van der Waals surface area contributed by atoms with Crippen molar-refractivity contribution in [3.8, 4) is 17.1 Å². The molecular weight excluding hydrogens is 375 g/mol. The number of hydrogen-bond acceptors (Lipinski definition) is 5. The minimum Gasteiger partial charge on any atom is -0.344 e. The molecule has 0 saturated heterocycles. The van der Waals surface area contributed by atoms with Gasteiger partial charge in [0.25, 0.3) is 5.89 Å². The standard InChI is InChI=1S/C18H18F3N5O2/c1-10-5-7-12(8-6-10)26-14(18(19,20)21)13(9-22-26)15-23-16(25-28-15)17(3,4)24-11(2)27/h5-9H,1-4H3,(H,24,27). The van der Waals surface area contributed by atoms with Crippen LogP contribution in [0.3, 0.4) is 0 Å². The van der Waals surface area contributed by atoms with E-state index in [1.54, 1.807) is 38.1 Å². The molecule has 1 aromatic carbocycles. The maximum absolute atomic E-state index is 13.8. The molecule has 0 fully saturated rings. The first-order chi connectivity index (χ1) is 13.0. The molecular formula is C18H18F3N5O2. The van der Waals surface area contributed by atoms with Crippen molar-refractivity contribution < 1.29 is 22.5 Å². The van der Waals surface area contributed by atoms with Crippen LogP contribution in [-0.2, 0) is 16.5 Å². The molecule has 3 aromatic rings. The number of aryl methyl sites for hydroxylation is 1. The Bertz CT molecular complexity index is 1000. The van der Waals surface area contributed by atoms with Gasteiger partial charge in [-0.05, 0) is 32.9 Å². The van der Waals surface area contributed by atoms with Crippen LogP contribution < -0.4 is 5.32 Å². The van der Waals surface area contributed by atoms with Gasteiger partial charge in [-0.15, -0.1) is 0 Å². The summed E-state index contributed by atoms with van der Waals surface area (Å²) in [6.07, 6.45) is -3.68. The number of nitrogens with one attached hydrogen (secondary N) is 1. The zero-order valence-electron chi connectivity index (χ0n) is 15.6. The molecule has 148 valence electrons.